The first-order valence-electron chi connectivity index (χ1n) is 9.58. The summed E-state index contributed by atoms with van der Waals surface area (Å²) in [6.07, 6.45) is 4.37. The van der Waals surface area contributed by atoms with Crippen molar-refractivity contribution in [3.8, 4) is 5.75 Å². The summed E-state index contributed by atoms with van der Waals surface area (Å²) >= 11 is 6.52. The number of benzene rings is 2. The topological polar surface area (TPSA) is 119 Å². The van der Waals surface area contributed by atoms with Gasteiger partial charge < -0.3 is 10.1 Å². The number of amides is 3. The highest BCUT2D eigenvalue weighted by Crippen LogP contribution is 2.33. The Bertz CT molecular complexity index is 1160. The van der Waals surface area contributed by atoms with Gasteiger partial charge in [0.2, 0.25) is 5.91 Å². The third-order valence-corrected chi connectivity index (χ3v) is 5.74. The quantitative estimate of drug-likeness (QED) is 0.338. The van der Waals surface area contributed by atoms with Crippen LogP contribution in [0.3, 0.4) is 0 Å². The van der Waals surface area contributed by atoms with Gasteiger partial charge in [-0.05, 0) is 53.2 Å². The number of nitro benzene ring substituents is 1. The smallest absolute Gasteiger partial charge is 0.293 e. The predicted molar refractivity (Wildman–Crippen MR) is 126 cm³/mol. The van der Waals surface area contributed by atoms with Gasteiger partial charge in [-0.1, -0.05) is 29.8 Å². The van der Waals surface area contributed by atoms with E-state index >= 15 is 0 Å². The molecule has 0 radical (unpaired) electrons. The number of carbonyl (C=O) groups is 3. The normalized spacial score (nSPS) is 14.8. The fourth-order valence-corrected chi connectivity index (χ4v) is 3.89. The van der Waals surface area contributed by atoms with E-state index in [1.165, 1.54) is 30.4 Å². The fourth-order valence-electron chi connectivity index (χ4n) is 2.84. The summed E-state index contributed by atoms with van der Waals surface area (Å²) in [6, 6.07) is 11.2. The highest BCUT2D eigenvalue weighted by atomic mass is 35.5. The molecule has 3 amide bonds. The van der Waals surface area contributed by atoms with Crippen molar-refractivity contribution in [2.24, 2.45) is 0 Å². The standard InChI is InChI=1S/C22H18ClN3O6S/c1-32-16-6-2-14(3-7-16)5-9-20(27)24-10-11-25-21(28)19(33-22(25)29)13-15-4-8-17(23)18(12-15)26(30)31/h2-9,12-13H,10-11H2,1H3,(H,24,27)/b9-5+,19-13-. The first-order chi connectivity index (χ1) is 15.8. The Kier molecular flexibility index (Phi) is 7.86. The maximum atomic E-state index is 12.6. The second-order valence-electron chi connectivity index (χ2n) is 6.70. The van der Waals surface area contributed by atoms with Crippen LogP contribution in [0.25, 0.3) is 12.2 Å². The maximum absolute atomic E-state index is 12.6. The largest absolute Gasteiger partial charge is 0.497 e. The molecule has 0 aromatic heterocycles. The van der Waals surface area contributed by atoms with Crippen molar-refractivity contribution in [3.63, 3.8) is 0 Å². The second kappa shape index (κ2) is 10.8. The van der Waals surface area contributed by atoms with E-state index < -0.39 is 16.1 Å². The molecule has 3 rings (SSSR count). The summed E-state index contributed by atoms with van der Waals surface area (Å²) in [5, 5.41) is 13.1. The van der Waals surface area contributed by atoms with Crippen molar-refractivity contribution in [1.29, 1.82) is 0 Å². The van der Waals surface area contributed by atoms with Gasteiger partial charge in [0.25, 0.3) is 16.8 Å². The van der Waals surface area contributed by atoms with Crippen molar-refractivity contribution >= 4 is 58.3 Å². The Morgan fingerprint density at radius 2 is 1.91 bits per heavy atom. The Labute approximate surface area is 198 Å². The van der Waals surface area contributed by atoms with Gasteiger partial charge in [0, 0.05) is 25.2 Å². The lowest BCUT2D eigenvalue weighted by molar-refractivity contribution is -0.384. The number of nitrogens with one attached hydrogen (secondary N) is 1. The molecular weight excluding hydrogens is 470 g/mol. The Morgan fingerprint density at radius 1 is 1.21 bits per heavy atom. The molecule has 0 saturated carbocycles. The summed E-state index contributed by atoms with van der Waals surface area (Å²) in [5.74, 6) is -0.204. The molecule has 2 aromatic carbocycles. The number of hydrogen-bond donors (Lipinski definition) is 1. The molecule has 1 aliphatic rings. The van der Waals surface area contributed by atoms with Crippen LogP contribution < -0.4 is 10.1 Å². The molecule has 170 valence electrons. The summed E-state index contributed by atoms with van der Waals surface area (Å²) in [5.41, 5.74) is 0.882. The van der Waals surface area contributed by atoms with Crippen LogP contribution in [0.4, 0.5) is 10.5 Å². The summed E-state index contributed by atoms with van der Waals surface area (Å²) in [6.45, 7) is 0.0639. The molecule has 33 heavy (non-hydrogen) atoms. The van der Waals surface area contributed by atoms with E-state index in [0.29, 0.717) is 11.3 Å². The van der Waals surface area contributed by atoms with E-state index in [4.69, 9.17) is 16.3 Å². The van der Waals surface area contributed by atoms with E-state index in [2.05, 4.69) is 5.32 Å². The number of nitrogens with zero attached hydrogens (tertiary/aromatic N) is 2. The molecule has 0 unspecified atom stereocenters. The molecule has 0 spiro atoms. The number of rotatable bonds is 8. The van der Waals surface area contributed by atoms with Crippen molar-refractivity contribution in [3.05, 3.63) is 79.7 Å². The number of imide groups is 1. The van der Waals surface area contributed by atoms with Crippen LogP contribution in [0.1, 0.15) is 11.1 Å². The van der Waals surface area contributed by atoms with Crippen LogP contribution >= 0.6 is 23.4 Å². The molecule has 0 bridgehead atoms. The van der Waals surface area contributed by atoms with Crippen molar-refractivity contribution < 1.29 is 24.0 Å². The van der Waals surface area contributed by atoms with Gasteiger partial charge in [-0.3, -0.25) is 29.4 Å². The van der Waals surface area contributed by atoms with Crippen molar-refractivity contribution in [2.75, 3.05) is 20.2 Å². The zero-order chi connectivity index (χ0) is 24.0. The molecule has 1 heterocycles. The highest BCUT2D eigenvalue weighted by Gasteiger charge is 2.34. The zero-order valence-electron chi connectivity index (χ0n) is 17.3. The zero-order valence-corrected chi connectivity index (χ0v) is 18.9. The van der Waals surface area contributed by atoms with Gasteiger partial charge in [-0.2, -0.15) is 0 Å². The number of methoxy groups -OCH3 is 1. The summed E-state index contributed by atoms with van der Waals surface area (Å²) in [7, 11) is 1.56. The molecule has 9 nitrogen and oxygen atoms in total. The van der Waals surface area contributed by atoms with E-state index in [1.54, 1.807) is 37.5 Å². The average molecular weight is 488 g/mol. The van der Waals surface area contributed by atoms with Gasteiger partial charge in [0.15, 0.2) is 0 Å². The van der Waals surface area contributed by atoms with Gasteiger partial charge in [0.1, 0.15) is 10.8 Å². The predicted octanol–water partition coefficient (Wildman–Crippen LogP) is 4.12. The minimum Gasteiger partial charge on any atom is -0.497 e. The van der Waals surface area contributed by atoms with Gasteiger partial charge >= 0.3 is 0 Å². The number of nitro groups is 1. The number of halogens is 1. The number of hydrogen-bond acceptors (Lipinski definition) is 7. The molecule has 2 aromatic rings. The molecule has 11 heteroatoms. The van der Waals surface area contributed by atoms with Crippen LogP contribution in [0.5, 0.6) is 5.75 Å². The van der Waals surface area contributed by atoms with Gasteiger partial charge in [-0.25, -0.2) is 0 Å². The summed E-state index contributed by atoms with van der Waals surface area (Å²) in [4.78, 5) is 48.3. The minimum atomic E-state index is -0.628. The van der Waals surface area contributed by atoms with E-state index in [9.17, 15) is 24.5 Å². The highest BCUT2D eigenvalue weighted by molar-refractivity contribution is 8.18. The van der Waals surface area contributed by atoms with Crippen LogP contribution in [0.2, 0.25) is 5.02 Å². The number of carbonyl (C=O) groups excluding carboxylic acids is 3. The van der Waals surface area contributed by atoms with E-state index in [1.807, 2.05) is 0 Å². The monoisotopic (exact) mass is 487 g/mol. The van der Waals surface area contributed by atoms with E-state index in [-0.39, 0.29) is 34.6 Å². The van der Waals surface area contributed by atoms with Crippen LogP contribution in [-0.2, 0) is 9.59 Å². The Balaban J connectivity index is 1.56. The van der Waals surface area contributed by atoms with Crippen LogP contribution in [0.15, 0.2) is 53.4 Å². The molecular formula is C22H18ClN3O6S. The van der Waals surface area contributed by atoms with Crippen molar-refractivity contribution in [1.82, 2.24) is 10.2 Å². The second-order valence-corrected chi connectivity index (χ2v) is 8.10. The van der Waals surface area contributed by atoms with Gasteiger partial charge in [-0.15, -0.1) is 0 Å². The molecule has 1 fully saturated rings. The average Bonchev–Trinajstić information content (AvgIpc) is 3.06. The SMILES string of the molecule is COc1ccc(/C=C/C(=O)NCCN2C(=O)S/C(=C\c3ccc(Cl)c([N+](=O)[O-])c3)C2=O)cc1. The fraction of sp³-hybridized carbons (Fsp3) is 0.136. The maximum Gasteiger partial charge on any atom is 0.293 e. The lowest BCUT2D eigenvalue weighted by atomic mass is 10.2. The van der Waals surface area contributed by atoms with Crippen LogP contribution in [0, 0.1) is 10.1 Å². The van der Waals surface area contributed by atoms with Gasteiger partial charge in [0.05, 0.1) is 16.9 Å². The van der Waals surface area contributed by atoms with Crippen molar-refractivity contribution in [2.45, 2.75) is 0 Å². The minimum absolute atomic E-state index is 0.00904. The third-order valence-electron chi connectivity index (χ3n) is 4.52. The third kappa shape index (κ3) is 6.21. The first-order valence-corrected chi connectivity index (χ1v) is 10.8. The molecule has 1 aliphatic heterocycles. The Morgan fingerprint density at radius 3 is 2.58 bits per heavy atom. The summed E-state index contributed by atoms with van der Waals surface area (Å²) < 4.78 is 5.07. The lowest BCUT2D eigenvalue weighted by Crippen LogP contribution is -2.36. The number of thioether (sulfide) groups is 1. The van der Waals surface area contributed by atoms with Crippen LogP contribution in [-0.4, -0.2) is 47.1 Å². The molecule has 1 saturated heterocycles. The molecule has 1 N–H and O–H groups in total. The first kappa shape index (κ1) is 24.0. The lowest BCUT2D eigenvalue weighted by Gasteiger charge is -2.12. The Hall–Kier alpha value is -3.63. The molecule has 0 aliphatic carbocycles. The number of ether oxygens (including phenoxy) is 1. The van der Waals surface area contributed by atoms with E-state index in [0.717, 1.165) is 22.2 Å². The molecule has 0 atom stereocenters.